The van der Waals surface area contributed by atoms with E-state index in [1.54, 1.807) is 0 Å². The number of benzene rings is 1. The molecule has 116 valence electrons. The number of hydrogen-bond donors (Lipinski definition) is 0. The molecule has 2 aromatic rings. The van der Waals surface area contributed by atoms with Gasteiger partial charge in [0, 0.05) is 18.6 Å². The van der Waals surface area contributed by atoms with Gasteiger partial charge in [0.25, 0.3) is 5.69 Å². The number of nitro benzene ring substituents is 1. The lowest BCUT2D eigenvalue weighted by Crippen LogP contribution is -2.05. The highest BCUT2D eigenvalue weighted by atomic mass is 79.9. The maximum atomic E-state index is 10.7. The molecule has 0 aliphatic rings. The first-order valence-electron chi connectivity index (χ1n) is 6.22. The second kappa shape index (κ2) is 6.98. The zero-order chi connectivity index (χ0) is 16.1. The molecular formula is C12H11BrN4O5. The highest BCUT2D eigenvalue weighted by Crippen LogP contribution is 2.22. The van der Waals surface area contributed by atoms with Gasteiger partial charge < -0.3 is 14.9 Å². The summed E-state index contributed by atoms with van der Waals surface area (Å²) in [5, 5.41) is 25.0. The molecule has 0 saturated heterocycles. The molecule has 0 fully saturated rings. The van der Waals surface area contributed by atoms with Crippen LogP contribution in [-0.2, 0) is 6.54 Å². The van der Waals surface area contributed by atoms with Crippen LogP contribution in [0.4, 0.5) is 11.5 Å². The highest BCUT2D eigenvalue weighted by Gasteiger charge is 2.18. The summed E-state index contributed by atoms with van der Waals surface area (Å²) in [5.41, 5.74) is 0.000973. The molecule has 0 amide bonds. The van der Waals surface area contributed by atoms with Crippen molar-refractivity contribution in [2.45, 2.75) is 13.0 Å². The summed E-state index contributed by atoms with van der Waals surface area (Å²) < 4.78 is 7.22. The van der Waals surface area contributed by atoms with E-state index in [9.17, 15) is 20.2 Å². The van der Waals surface area contributed by atoms with E-state index in [4.69, 9.17) is 4.74 Å². The number of nitrogens with zero attached hydrogens (tertiary/aromatic N) is 4. The van der Waals surface area contributed by atoms with Gasteiger partial charge >= 0.3 is 5.82 Å². The van der Waals surface area contributed by atoms with E-state index in [0.29, 0.717) is 29.8 Å². The second-order valence-corrected chi connectivity index (χ2v) is 5.13. The third kappa shape index (κ3) is 4.01. The lowest BCUT2D eigenvalue weighted by Gasteiger charge is -2.04. The Hall–Kier alpha value is -2.49. The number of rotatable bonds is 7. The summed E-state index contributed by atoms with van der Waals surface area (Å²) in [7, 11) is 0. The summed E-state index contributed by atoms with van der Waals surface area (Å²) >= 11 is 3.07. The van der Waals surface area contributed by atoms with E-state index in [1.807, 2.05) is 0 Å². The summed E-state index contributed by atoms with van der Waals surface area (Å²) in [5.74, 6) is 0.300. The molecule has 0 unspecified atom stereocenters. The molecule has 22 heavy (non-hydrogen) atoms. The third-order valence-corrected chi connectivity index (χ3v) is 3.28. The Morgan fingerprint density at radius 3 is 2.41 bits per heavy atom. The quantitative estimate of drug-likeness (QED) is 0.420. The topological polar surface area (TPSA) is 113 Å². The lowest BCUT2D eigenvalue weighted by molar-refractivity contribution is -0.390. The SMILES string of the molecule is O=[N+]([O-])c1ccc(OCCCn2cc(Br)c([N+](=O)[O-])n2)cc1. The monoisotopic (exact) mass is 370 g/mol. The van der Waals surface area contributed by atoms with Gasteiger partial charge in [-0.1, -0.05) is 0 Å². The van der Waals surface area contributed by atoms with Crippen molar-refractivity contribution in [3.05, 3.63) is 55.2 Å². The maximum Gasteiger partial charge on any atom is 0.404 e. The molecule has 1 aromatic heterocycles. The molecule has 1 aromatic carbocycles. The second-order valence-electron chi connectivity index (χ2n) is 4.27. The van der Waals surface area contributed by atoms with Crippen LogP contribution in [-0.4, -0.2) is 26.2 Å². The molecule has 0 spiro atoms. The van der Waals surface area contributed by atoms with E-state index in [0.717, 1.165) is 0 Å². The van der Waals surface area contributed by atoms with Gasteiger partial charge in [-0.05, 0) is 33.0 Å². The van der Waals surface area contributed by atoms with E-state index in [2.05, 4.69) is 21.0 Å². The van der Waals surface area contributed by atoms with Crippen LogP contribution in [0.3, 0.4) is 0 Å². The number of ether oxygens (including phenoxy) is 1. The van der Waals surface area contributed by atoms with Crippen molar-refractivity contribution in [1.29, 1.82) is 0 Å². The number of non-ortho nitro benzene ring substituents is 1. The van der Waals surface area contributed by atoms with Crippen molar-refractivity contribution in [1.82, 2.24) is 9.78 Å². The maximum absolute atomic E-state index is 10.7. The first-order chi connectivity index (χ1) is 10.5. The van der Waals surface area contributed by atoms with Crippen molar-refractivity contribution < 1.29 is 14.6 Å². The first-order valence-corrected chi connectivity index (χ1v) is 7.01. The largest absolute Gasteiger partial charge is 0.494 e. The summed E-state index contributed by atoms with van der Waals surface area (Å²) in [6, 6.07) is 5.77. The van der Waals surface area contributed by atoms with Crippen molar-refractivity contribution in [3.63, 3.8) is 0 Å². The third-order valence-electron chi connectivity index (χ3n) is 2.72. The first kappa shape index (κ1) is 15.9. The van der Waals surface area contributed by atoms with Crippen LogP contribution in [0.15, 0.2) is 34.9 Å². The van der Waals surface area contributed by atoms with Crippen LogP contribution in [0.2, 0.25) is 0 Å². The Bertz CT molecular complexity index is 685. The van der Waals surface area contributed by atoms with Crippen molar-refractivity contribution in [3.8, 4) is 5.75 Å². The molecule has 1 heterocycles. The Kier molecular flexibility index (Phi) is 5.04. The van der Waals surface area contributed by atoms with Crippen molar-refractivity contribution >= 4 is 27.4 Å². The highest BCUT2D eigenvalue weighted by molar-refractivity contribution is 9.10. The van der Waals surface area contributed by atoms with Gasteiger partial charge in [0.1, 0.15) is 10.2 Å². The van der Waals surface area contributed by atoms with E-state index >= 15 is 0 Å². The Labute approximate surface area is 132 Å². The summed E-state index contributed by atoms with van der Waals surface area (Å²) in [4.78, 5) is 20.1. The molecule has 0 bridgehead atoms. The van der Waals surface area contributed by atoms with E-state index in [-0.39, 0.29) is 11.5 Å². The predicted molar refractivity (Wildman–Crippen MR) is 79.8 cm³/mol. The molecule has 0 saturated carbocycles. The minimum atomic E-state index is -0.562. The molecule has 0 N–H and O–H groups in total. The Morgan fingerprint density at radius 2 is 1.86 bits per heavy atom. The molecule has 0 aliphatic heterocycles. The van der Waals surface area contributed by atoms with Crippen molar-refractivity contribution in [2.24, 2.45) is 0 Å². The van der Waals surface area contributed by atoms with Crippen LogP contribution >= 0.6 is 15.9 Å². The fourth-order valence-electron chi connectivity index (χ4n) is 1.71. The van der Waals surface area contributed by atoms with E-state index in [1.165, 1.54) is 35.1 Å². The molecule has 9 nitrogen and oxygen atoms in total. The standard InChI is InChI=1S/C12H11BrN4O5/c13-11-8-15(14-12(11)17(20)21)6-1-7-22-10-4-2-9(3-5-10)16(18)19/h2-5,8H,1,6-7H2. The number of aryl methyl sites for hydroxylation is 1. The summed E-state index contributed by atoms with van der Waals surface area (Å²) in [6.07, 6.45) is 2.12. The number of hydrogen-bond acceptors (Lipinski definition) is 6. The molecular weight excluding hydrogens is 360 g/mol. The Balaban J connectivity index is 1.80. The van der Waals surface area contributed by atoms with Crippen LogP contribution in [0.5, 0.6) is 5.75 Å². The minimum absolute atomic E-state index is 0.000973. The number of aromatic nitrogens is 2. The van der Waals surface area contributed by atoms with Gasteiger partial charge in [0.05, 0.1) is 29.4 Å². The van der Waals surface area contributed by atoms with Gasteiger partial charge in [-0.15, -0.1) is 0 Å². The molecule has 0 radical (unpaired) electrons. The van der Waals surface area contributed by atoms with Gasteiger partial charge in [-0.3, -0.25) is 10.1 Å². The van der Waals surface area contributed by atoms with Crippen molar-refractivity contribution in [2.75, 3.05) is 6.61 Å². The smallest absolute Gasteiger partial charge is 0.404 e. The average Bonchev–Trinajstić information content (AvgIpc) is 2.85. The Morgan fingerprint density at radius 1 is 1.18 bits per heavy atom. The number of halogens is 1. The predicted octanol–water partition coefficient (Wildman–Crippen LogP) is 2.93. The average molecular weight is 371 g/mol. The van der Waals surface area contributed by atoms with Gasteiger partial charge in [0.15, 0.2) is 0 Å². The normalized spacial score (nSPS) is 10.4. The molecule has 0 atom stereocenters. The zero-order valence-corrected chi connectivity index (χ0v) is 12.8. The van der Waals surface area contributed by atoms with Gasteiger partial charge in [-0.2, -0.15) is 4.68 Å². The molecule has 2 rings (SSSR count). The van der Waals surface area contributed by atoms with Crippen LogP contribution < -0.4 is 4.74 Å². The van der Waals surface area contributed by atoms with Gasteiger partial charge in [0.2, 0.25) is 0 Å². The lowest BCUT2D eigenvalue weighted by atomic mass is 10.3. The number of nitro groups is 2. The van der Waals surface area contributed by atoms with Crippen LogP contribution in [0.25, 0.3) is 0 Å². The van der Waals surface area contributed by atoms with Crippen LogP contribution in [0.1, 0.15) is 6.42 Å². The fourth-order valence-corrected chi connectivity index (χ4v) is 2.17. The van der Waals surface area contributed by atoms with E-state index < -0.39 is 9.85 Å². The fraction of sp³-hybridized carbons (Fsp3) is 0.250. The molecule has 0 aliphatic carbocycles. The minimum Gasteiger partial charge on any atom is -0.494 e. The van der Waals surface area contributed by atoms with Crippen LogP contribution in [0, 0.1) is 20.2 Å². The zero-order valence-electron chi connectivity index (χ0n) is 11.2. The molecule has 10 heteroatoms. The summed E-state index contributed by atoms with van der Waals surface area (Å²) in [6.45, 7) is 0.822. The van der Waals surface area contributed by atoms with Gasteiger partial charge in [-0.25, -0.2) is 0 Å².